The van der Waals surface area contributed by atoms with E-state index in [0.29, 0.717) is 41.9 Å². The Morgan fingerprint density at radius 3 is 2.06 bits per heavy atom. The molecule has 0 saturated heterocycles. The Kier molecular flexibility index (Phi) is 16.1. The van der Waals surface area contributed by atoms with Crippen molar-refractivity contribution in [1.82, 2.24) is 0 Å². The summed E-state index contributed by atoms with van der Waals surface area (Å²) in [4.78, 5) is 13.4. The Morgan fingerprint density at radius 1 is 0.755 bits per heavy atom. The van der Waals surface area contributed by atoms with Crippen molar-refractivity contribution in [3.8, 4) is 0 Å². The van der Waals surface area contributed by atoms with Gasteiger partial charge in [-0.25, -0.2) is 0 Å². The van der Waals surface area contributed by atoms with Gasteiger partial charge in [0.2, 0.25) is 5.79 Å². The van der Waals surface area contributed by atoms with Gasteiger partial charge >= 0.3 is 5.97 Å². The van der Waals surface area contributed by atoms with Crippen LogP contribution < -0.4 is 0 Å². The number of esters is 1. The van der Waals surface area contributed by atoms with Crippen molar-refractivity contribution in [2.24, 2.45) is 52.3 Å². The number of fused-ring (bicyclic) bond motifs is 5. The molecule has 0 spiro atoms. The Balaban J connectivity index is 1.25. The van der Waals surface area contributed by atoms with Crippen molar-refractivity contribution in [3.05, 3.63) is 12.2 Å². The number of aliphatic hydroxyl groups excluding tert-OH is 1. The first-order valence-corrected chi connectivity index (χ1v) is 21.8. The third-order valence-electron chi connectivity index (χ3n) is 15.0. The second-order valence-electron chi connectivity index (χ2n) is 18.6. The van der Waals surface area contributed by atoms with Gasteiger partial charge in [-0.05, 0) is 130 Å². The summed E-state index contributed by atoms with van der Waals surface area (Å²) in [6.45, 7) is 14.3. The highest BCUT2D eigenvalue weighted by Crippen LogP contribution is 2.70. The third kappa shape index (κ3) is 9.77. The normalized spacial score (nSPS) is 36.4. The first-order valence-electron chi connectivity index (χ1n) is 21.8. The van der Waals surface area contributed by atoms with Crippen molar-refractivity contribution in [2.45, 2.75) is 214 Å². The zero-order valence-corrected chi connectivity index (χ0v) is 33.2. The highest BCUT2D eigenvalue weighted by Gasteiger charge is 2.69. The topological polar surface area (TPSA) is 66.8 Å². The number of unbranched alkanes of at least 4 members (excludes halogenated alkanes) is 11. The molecule has 2 N–H and O–H groups in total. The summed E-state index contributed by atoms with van der Waals surface area (Å²) in [5.41, 5.74) is -0.221. The minimum Gasteiger partial charge on any atom is -0.430 e. The van der Waals surface area contributed by atoms with E-state index in [4.69, 9.17) is 4.74 Å². The summed E-state index contributed by atoms with van der Waals surface area (Å²) in [5, 5.41) is 23.8. The van der Waals surface area contributed by atoms with Crippen LogP contribution in [-0.2, 0) is 9.53 Å². The molecule has 0 aliphatic heterocycles. The van der Waals surface area contributed by atoms with E-state index in [-0.39, 0.29) is 5.97 Å². The van der Waals surface area contributed by atoms with Gasteiger partial charge in [-0.15, -0.1) is 0 Å². The van der Waals surface area contributed by atoms with E-state index < -0.39 is 17.3 Å². The van der Waals surface area contributed by atoms with Crippen LogP contribution in [0.3, 0.4) is 0 Å². The van der Waals surface area contributed by atoms with Crippen LogP contribution in [0.25, 0.3) is 0 Å². The van der Waals surface area contributed by atoms with E-state index in [9.17, 15) is 15.0 Å². The number of carbonyl (C=O) groups excluding carboxylic acids is 1. The van der Waals surface area contributed by atoms with Gasteiger partial charge in [0.05, 0.1) is 0 Å². The molecule has 284 valence electrons. The maximum Gasteiger partial charge on any atom is 0.308 e. The number of hydrogen-bond donors (Lipinski definition) is 2. The van der Waals surface area contributed by atoms with Gasteiger partial charge in [-0.3, -0.25) is 4.79 Å². The fourth-order valence-corrected chi connectivity index (χ4v) is 12.1. The van der Waals surface area contributed by atoms with Gasteiger partial charge in [0, 0.05) is 11.8 Å². The van der Waals surface area contributed by atoms with Crippen LogP contribution >= 0.6 is 0 Å². The molecule has 0 aromatic rings. The van der Waals surface area contributed by atoms with E-state index in [1.165, 1.54) is 103 Å². The highest BCUT2D eigenvalue weighted by atomic mass is 16.7. The predicted molar refractivity (Wildman–Crippen MR) is 205 cm³/mol. The molecule has 4 aliphatic carbocycles. The molecule has 10 atom stereocenters. The molecule has 0 amide bonds. The Hall–Kier alpha value is -0.870. The number of aliphatic hydroxyl groups is 2. The summed E-state index contributed by atoms with van der Waals surface area (Å²) >= 11 is 0. The zero-order valence-electron chi connectivity index (χ0n) is 33.2. The van der Waals surface area contributed by atoms with E-state index in [2.05, 4.69) is 53.7 Å². The summed E-state index contributed by atoms with van der Waals surface area (Å²) in [7, 11) is 0. The maximum atomic E-state index is 13.4. The average Bonchev–Trinajstić information content (AvgIpc) is 3.42. The van der Waals surface area contributed by atoms with Crippen molar-refractivity contribution in [2.75, 3.05) is 0 Å². The quantitative estimate of drug-likeness (QED) is 0.0546. The third-order valence-corrected chi connectivity index (χ3v) is 15.0. The van der Waals surface area contributed by atoms with E-state index in [0.717, 1.165) is 62.7 Å². The Labute approximate surface area is 303 Å². The summed E-state index contributed by atoms with van der Waals surface area (Å²) in [6.07, 6.45) is 32.6. The molecule has 0 aromatic heterocycles. The molecule has 4 aliphatic rings. The first kappa shape index (κ1) is 40.9. The van der Waals surface area contributed by atoms with Crippen LogP contribution in [0.15, 0.2) is 12.2 Å². The smallest absolute Gasteiger partial charge is 0.308 e. The lowest BCUT2D eigenvalue weighted by Gasteiger charge is -2.65. The van der Waals surface area contributed by atoms with Crippen LogP contribution in [0.1, 0.15) is 202 Å². The molecule has 0 bridgehead atoms. The minimum absolute atomic E-state index is 0.298. The molecule has 4 saturated carbocycles. The molecule has 0 heterocycles. The standard InChI is InChI=1S/C45H80O4/c1-7-8-9-10-11-12-13-14-15-16-17-18-19-20-21-25-42(47)49-45(48)41(46)31-27-36-26-28-37-39-30-29-38(35(4)24-22-23-34(2)3)43(39,5)33-32-40(37)44(36,45)6/h14-15,34-41,46,48H,7-13,16-33H2,1-6H3/b15-14-/t35-,36+,37+,38-,39-,40-,41?,43+,44-,45?/m0/s1. The minimum atomic E-state index is -1.78. The van der Waals surface area contributed by atoms with E-state index >= 15 is 0 Å². The van der Waals surface area contributed by atoms with E-state index in [1.807, 2.05) is 0 Å². The number of rotatable bonds is 21. The van der Waals surface area contributed by atoms with E-state index in [1.54, 1.807) is 0 Å². The van der Waals surface area contributed by atoms with Crippen LogP contribution in [0.5, 0.6) is 0 Å². The second kappa shape index (κ2) is 19.3. The summed E-state index contributed by atoms with van der Waals surface area (Å²) in [5.74, 6) is 2.06. The molecule has 49 heavy (non-hydrogen) atoms. The first-order chi connectivity index (χ1) is 23.5. The largest absolute Gasteiger partial charge is 0.430 e. The van der Waals surface area contributed by atoms with Gasteiger partial charge in [0.15, 0.2) is 0 Å². The van der Waals surface area contributed by atoms with Gasteiger partial charge in [-0.1, -0.05) is 124 Å². The van der Waals surface area contributed by atoms with Crippen molar-refractivity contribution >= 4 is 5.97 Å². The van der Waals surface area contributed by atoms with Crippen molar-refractivity contribution < 1.29 is 19.7 Å². The lowest BCUT2D eigenvalue weighted by atomic mass is 9.42. The lowest BCUT2D eigenvalue weighted by molar-refractivity contribution is -0.352. The van der Waals surface area contributed by atoms with Crippen LogP contribution in [-0.4, -0.2) is 28.1 Å². The second-order valence-corrected chi connectivity index (χ2v) is 18.6. The fraction of sp³-hybridized carbons (Fsp3) is 0.933. The molecule has 4 nitrogen and oxygen atoms in total. The lowest BCUT2D eigenvalue weighted by Crippen LogP contribution is -2.69. The monoisotopic (exact) mass is 685 g/mol. The van der Waals surface area contributed by atoms with Crippen LogP contribution in [0, 0.1) is 52.3 Å². The number of hydrogen-bond acceptors (Lipinski definition) is 4. The molecule has 4 fully saturated rings. The predicted octanol–water partition coefficient (Wildman–Crippen LogP) is 12.3. The SMILES string of the molecule is CCCCCCCC/C=C\CCCCCCCC(=O)OC1(O)C(O)CC[C@H]2CC[C@@H]3[C@@H]4CC[C@@H]([C@@H](C)CCCC(C)C)[C@@]4(C)CC[C@@H]3[C@]21C. The van der Waals surface area contributed by atoms with Gasteiger partial charge in [0.1, 0.15) is 6.10 Å². The molecular weight excluding hydrogens is 604 g/mol. The van der Waals surface area contributed by atoms with Gasteiger partial charge in [0.25, 0.3) is 0 Å². The average molecular weight is 685 g/mol. The molecule has 4 heteroatoms. The molecule has 0 radical (unpaired) electrons. The number of allylic oxidation sites excluding steroid dienone is 2. The van der Waals surface area contributed by atoms with Crippen molar-refractivity contribution in [1.29, 1.82) is 0 Å². The number of ether oxygens (including phenoxy) is 1. The number of carbonyl (C=O) groups is 1. The molecular formula is C45H80O4. The Morgan fingerprint density at radius 2 is 1.39 bits per heavy atom. The Bertz CT molecular complexity index is 1010. The van der Waals surface area contributed by atoms with Crippen LogP contribution in [0.4, 0.5) is 0 Å². The molecule has 4 rings (SSSR count). The summed E-state index contributed by atoms with van der Waals surface area (Å²) in [6, 6.07) is 0. The van der Waals surface area contributed by atoms with Crippen molar-refractivity contribution in [3.63, 3.8) is 0 Å². The highest BCUT2D eigenvalue weighted by molar-refractivity contribution is 5.70. The zero-order chi connectivity index (χ0) is 35.5. The summed E-state index contributed by atoms with van der Waals surface area (Å²) < 4.78 is 6.15. The molecule has 0 aromatic carbocycles. The molecule has 2 unspecified atom stereocenters. The van der Waals surface area contributed by atoms with Gasteiger partial charge < -0.3 is 14.9 Å². The maximum absolute atomic E-state index is 13.4. The fourth-order valence-electron chi connectivity index (χ4n) is 12.1. The van der Waals surface area contributed by atoms with Gasteiger partial charge in [-0.2, -0.15) is 0 Å². The van der Waals surface area contributed by atoms with Crippen LogP contribution in [0.2, 0.25) is 0 Å².